The summed E-state index contributed by atoms with van der Waals surface area (Å²) in [4.78, 5) is 21.3. The molecule has 2 N–H and O–H groups in total. The van der Waals surface area contributed by atoms with E-state index in [4.69, 9.17) is 0 Å². The van der Waals surface area contributed by atoms with Crippen LogP contribution in [0.1, 0.15) is 37.8 Å². The second-order valence-corrected chi connectivity index (χ2v) is 8.10. The molecular weight excluding hydrogens is 332 g/mol. The number of rotatable bonds is 4. The summed E-state index contributed by atoms with van der Waals surface area (Å²) in [5.41, 5.74) is 5.27. The van der Waals surface area contributed by atoms with Crippen molar-refractivity contribution < 1.29 is 4.79 Å². The normalized spacial score (nSPS) is 26.2. The Labute approximate surface area is 150 Å². The molecule has 3 atom stereocenters. The highest BCUT2D eigenvalue weighted by Crippen LogP contribution is 2.49. The minimum Gasteiger partial charge on any atom is -0.326 e. The average molecular weight is 352 g/mol. The van der Waals surface area contributed by atoms with E-state index >= 15 is 0 Å². The standard InChI is InChI=1S/C19H20N4OS/c24-18(7-13-6-11-1-2-12(13)5-11)21-14-3-4-15-16(8-14)23-19(22-15)17-9-25-10-20-17/h3-4,8-13,23H,1-2,5-7H2,(H,21,24)/q+1. The first-order valence-corrected chi connectivity index (χ1v) is 9.87. The summed E-state index contributed by atoms with van der Waals surface area (Å²) in [6.45, 7) is 0. The van der Waals surface area contributed by atoms with Crippen molar-refractivity contribution in [3.8, 4) is 0 Å². The second kappa shape index (κ2) is 5.95. The number of fused-ring (bicyclic) bond motifs is 3. The van der Waals surface area contributed by atoms with Crippen LogP contribution in [0.5, 0.6) is 0 Å². The highest BCUT2D eigenvalue weighted by molar-refractivity contribution is 7.07. The summed E-state index contributed by atoms with van der Waals surface area (Å²) in [6.07, 6.45) is 5.95. The molecular formula is C19H20N4OS+. The van der Waals surface area contributed by atoms with Crippen LogP contribution in [0, 0.1) is 17.8 Å². The Bertz CT molecular complexity index is 845. The lowest BCUT2D eigenvalue weighted by molar-refractivity contribution is -0.117. The monoisotopic (exact) mass is 352 g/mol. The molecule has 1 aromatic carbocycles. The number of aromatic nitrogens is 1. The molecule has 3 aliphatic rings. The zero-order valence-electron chi connectivity index (χ0n) is 13.9. The van der Waals surface area contributed by atoms with Crippen molar-refractivity contribution in [2.24, 2.45) is 17.8 Å². The average Bonchev–Trinajstić information content (AvgIpc) is 3.37. The number of thiazole rings is 1. The molecule has 6 heteroatoms. The van der Waals surface area contributed by atoms with Crippen LogP contribution in [0.2, 0.25) is 0 Å². The Kier molecular flexibility index (Phi) is 3.59. The molecule has 1 aromatic heterocycles. The summed E-state index contributed by atoms with van der Waals surface area (Å²) in [7, 11) is 0. The zero-order chi connectivity index (χ0) is 16.8. The van der Waals surface area contributed by atoms with Crippen molar-refractivity contribution in [1.29, 1.82) is 0 Å². The maximum atomic E-state index is 12.4. The number of aliphatic imine (C=N–C) groups is 1. The van der Waals surface area contributed by atoms with Crippen LogP contribution in [0.4, 0.5) is 17.1 Å². The maximum absolute atomic E-state index is 12.4. The van der Waals surface area contributed by atoms with Crippen molar-refractivity contribution in [2.75, 3.05) is 10.6 Å². The largest absolute Gasteiger partial charge is 0.348 e. The van der Waals surface area contributed by atoms with Gasteiger partial charge in [-0.1, -0.05) is 6.42 Å². The third-order valence-corrected chi connectivity index (χ3v) is 6.36. The van der Waals surface area contributed by atoms with Crippen molar-refractivity contribution in [1.82, 2.24) is 9.98 Å². The highest BCUT2D eigenvalue weighted by atomic mass is 32.1. The minimum absolute atomic E-state index is 0.135. The molecule has 1 radical (unpaired) electrons. The van der Waals surface area contributed by atoms with Gasteiger partial charge in [-0.25, -0.2) is 10.3 Å². The summed E-state index contributed by atoms with van der Waals surface area (Å²) in [5, 5.41) is 8.32. The van der Waals surface area contributed by atoms with E-state index in [0.717, 1.165) is 40.4 Å². The van der Waals surface area contributed by atoms with E-state index < -0.39 is 0 Å². The third kappa shape index (κ3) is 2.84. The van der Waals surface area contributed by atoms with Gasteiger partial charge in [0.1, 0.15) is 0 Å². The Morgan fingerprint density at radius 1 is 1.36 bits per heavy atom. The number of hydrogen-bond acceptors (Lipinski definition) is 5. The molecule has 2 aromatic rings. The number of carbonyl (C=O) groups is 1. The van der Waals surface area contributed by atoms with Crippen LogP contribution < -0.4 is 15.6 Å². The number of nitrogens with zero attached hydrogens (tertiary/aromatic N) is 2. The zero-order valence-corrected chi connectivity index (χ0v) is 14.7. The van der Waals surface area contributed by atoms with E-state index in [-0.39, 0.29) is 5.91 Å². The molecule has 5 nitrogen and oxygen atoms in total. The lowest BCUT2D eigenvalue weighted by Gasteiger charge is -2.20. The molecule has 3 unspecified atom stereocenters. The molecule has 2 aliphatic carbocycles. The number of nitrogens with one attached hydrogen (secondary N) is 2. The van der Waals surface area contributed by atoms with Crippen molar-refractivity contribution in [3.05, 3.63) is 34.8 Å². The van der Waals surface area contributed by atoms with E-state index in [1.165, 1.54) is 25.7 Å². The van der Waals surface area contributed by atoms with Gasteiger partial charge < -0.3 is 5.32 Å². The number of amidine groups is 1. The fourth-order valence-electron chi connectivity index (χ4n) is 4.61. The molecule has 2 heterocycles. The fraction of sp³-hybridized carbons (Fsp3) is 0.421. The molecule has 2 fully saturated rings. The minimum atomic E-state index is 0.135. The molecule has 1 amide bonds. The van der Waals surface area contributed by atoms with Gasteiger partial charge in [-0.15, -0.1) is 11.3 Å². The highest BCUT2D eigenvalue weighted by Gasteiger charge is 2.40. The van der Waals surface area contributed by atoms with Gasteiger partial charge in [-0.3, -0.25) is 4.79 Å². The molecule has 2 saturated carbocycles. The molecule has 25 heavy (non-hydrogen) atoms. The third-order valence-electron chi connectivity index (χ3n) is 5.77. The summed E-state index contributed by atoms with van der Waals surface area (Å²) in [6, 6.07) is 5.82. The lowest BCUT2D eigenvalue weighted by atomic mass is 9.86. The van der Waals surface area contributed by atoms with Crippen LogP contribution >= 0.6 is 11.3 Å². The molecule has 2 bridgehead atoms. The van der Waals surface area contributed by atoms with E-state index in [1.54, 1.807) is 16.8 Å². The number of amides is 1. The molecule has 5 rings (SSSR count). The topological polar surface area (TPSA) is 68.1 Å². The van der Waals surface area contributed by atoms with Gasteiger partial charge in [0.25, 0.3) is 0 Å². The van der Waals surface area contributed by atoms with Crippen molar-refractivity contribution >= 4 is 40.1 Å². The first-order chi connectivity index (χ1) is 12.2. The Morgan fingerprint density at radius 2 is 2.32 bits per heavy atom. The molecule has 0 saturated heterocycles. The smallest absolute Gasteiger partial charge is 0.326 e. The van der Waals surface area contributed by atoms with Crippen molar-refractivity contribution in [3.63, 3.8) is 0 Å². The first-order valence-electron chi connectivity index (χ1n) is 8.93. The maximum Gasteiger partial charge on any atom is 0.348 e. The predicted molar refractivity (Wildman–Crippen MR) is 100 cm³/mol. The summed E-state index contributed by atoms with van der Waals surface area (Å²) < 4.78 is 0. The predicted octanol–water partition coefficient (Wildman–Crippen LogP) is 3.75. The first kappa shape index (κ1) is 15.1. The van der Waals surface area contributed by atoms with Gasteiger partial charge in [0.05, 0.1) is 5.51 Å². The number of anilines is 2. The summed E-state index contributed by atoms with van der Waals surface area (Å²) >= 11 is 1.55. The fourth-order valence-corrected chi connectivity index (χ4v) is 5.15. The quantitative estimate of drug-likeness (QED) is 0.880. The van der Waals surface area contributed by atoms with Gasteiger partial charge in [0, 0.05) is 23.6 Å². The van der Waals surface area contributed by atoms with E-state index in [9.17, 15) is 4.79 Å². The van der Waals surface area contributed by atoms with Gasteiger partial charge in [-0.2, -0.15) is 0 Å². The van der Waals surface area contributed by atoms with Gasteiger partial charge >= 0.3 is 5.84 Å². The second-order valence-electron chi connectivity index (χ2n) is 7.38. The van der Waals surface area contributed by atoms with Crippen LogP contribution in [0.25, 0.3) is 0 Å². The molecule has 0 spiro atoms. The Balaban J connectivity index is 1.24. The summed E-state index contributed by atoms with van der Waals surface area (Å²) in [5.74, 6) is 3.16. The van der Waals surface area contributed by atoms with E-state index in [2.05, 4.69) is 20.6 Å². The molecule has 1 aliphatic heterocycles. The van der Waals surface area contributed by atoms with Crippen molar-refractivity contribution in [2.45, 2.75) is 32.1 Å². The molecule has 127 valence electrons. The van der Waals surface area contributed by atoms with Gasteiger partial charge in [0.15, 0.2) is 11.4 Å². The van der Waals surface area contributed by atoms with Gasteiger partial charge in [-0.05, 0) is 54.1 Å². The van der Waals surface area contributed by atoms with Crippen LogP contribution in [-0.4, -0.2) is 16.7 Å². The van der Waals surface area contributed by atoms with Crippen LogP contribution in [-0.2, 0) is 4.79 Å². The Morgan fingerprint density at radius 3 is 3.08 bits per heavy atom. The van der Waals surface area contributed by atoms with Gasteiger partial charge in [0.2, 0.25) is 11.6 Å². The SMILES string of the molecule is O=C(CC1CC2CCC1C2)Nc1ccc2c(c1)NC(c1cscn1)=[N+]2. The van der Waals surface area contributed by atoms with Crippen LogP contribution in [0.15, 0.2) is 29.1 Å². The van der Waals surface area contributed by atoms with Crippen LogP contribution in [0.3, 0.4) is 0 Å². The number of hydrogen-bond donors (Lipinski definition) is 2. The van der Waals surface area contributed by atoms with E-state index in [0.29, 0.717) is 12.3 Å². The number of benzene rings is 1. The van der Waals surface area contributed by atoms with E-state index in [1.807, 2.05) is 23.6 Å². The lowest BCUT2D eigenvalue weighted by Crippen LogP contribution is -2.20. The Hall–Kier alpha value is -2.21. The number of carbonyl (C=O) groups excluding carboxylic acids is 1.